The Kier molecular flexibility index (Phi) is 5.82. The molecule has 1 aromatic rings. The molecule has 0 fully saturated rings. The van der Waals surface area contributed by atoms with Crippen LogP contribution in [-0.2, 0) is 23.1 Å². The van der Waals surface area contributed by atoms with Crippen LogP contribution in [0, 0.1) is 6.92 Å². The Morgan fingerprint density at radius 2 is 2.24 bits per heavy atom. The van der Waals surface area contributed by atoms with Crippen molar-refractivity contribution in [2.24, 2.45) is 5.73 Å². The summed E-state index contributed by atoms with van der Waals surface area (Å²) in [7, 11) is -0.871. The second-order valence-electron chi connectivity index (χ2n) is 4.22. The van der Waals surface area contributed by atoms with E-state index in [1.165, 1.54) is 0 Å². The third-order valence-electron chi connectivity index (χ3n) is 2.55. The summed E-state index contributed by atoms with van der Waals surface area (Å²) >= 11 is 3.51. The van der Waals surface area contributed by atoms with Gasteiger partial charge in [-0.1, -0.05) is 0 Å². The topological polar surface area (TPSA) is 60.9 Å². The van der Waals surface area contributed by atoms with Crippen LogP contribution in [0.4, 0.5) is 0 Å². The fourth-order valence-corrected chi connectivity index (χ4v) is 3.54. The van der Waals surface area contributed by atoms with Crippen LogP contribution in [-0.4, -0.2) is 25.8 Å². The molecule has 2 N–H and O–H groups in total. The van der Waals surface area contributed by atoms with Crippen molar-refractivity contribution < 1.29 is 4.21 Å². The molecule has 1 rings (SSSR count). The van der Waals surface area contributed by atoms with E-state index in [0.29, 0.717) is 11.5 Å². The molecule has 0 aliphatic heterocycles. The minimum absolute atomic E-state index is 0.111. The van der Waals surface area contributed by atoms with Gasteiger partial charge in [-0.3, -0.25) is 8.89 Å². The van der Waals surface area contributed by atoms with Crippen molar-refractivity contribution in [3.63, 3.8) is 0 Å². The number of aromatic nitrogens is 2. The molecule has 1 heterocycles. The van der Waals surface area contributed by atoms with Gasteiger partial charge in [0.25, 0.3) is 0 Å². The van der Waals surface area contributed by atoms with Crippen molar-refractivity contribution in [3.05, 3.63) is 15.9 Å². The van der Waals surface area contributed by atoms with E-state index >= 15 is 0 Å². The fraction of sp³-hybridized carbons (Fsp3) is 0.727. The van der Waals surface area contributed by atoms with E-state index in [4.69, 9.17) is 5.73 Å². The molecular weight excluding hydrogens is 302 g/mol. The van der Waals surface area contributed by atoms with Crippen LogP contribution >= 0.6 is 15.9 Å². The molecule has 6 heteroatoms. The molecule has 0 radical (unpaired) electrons. The summed E-state index contributed by atoms with van der Waals surface area (Å²) in [6, 6.07) is 0.111. The monoisotopic (exact) mass is 321 g/mol. The van der Waals surface area contributed by atoms with Gasteiger partial charge < -0.3 is 5.73 Å². The molecular formula is C11H20BrN3OS. The molecule has 0 saturated heterocycles. The Morgan fingerprint density at radius 1 is 1.59 bits per heavy atom. The van der Waals surface area contributed by atoms with Gasteiger partial charge in [0, 0.05) is 29.1 Å². The van der Waals surface area contributed by atoms with E-state index in [2.05, 4.69) is 21.0 Å². The first-order valence-electron chi connectivity index (χ1n) is 5.78. The van der Waals surface area contributed by atoms with Crippen LogP contribution in [0.15, 0.2) is 4.47 Å². The molecule has 0 aliphatic carbocycles. The second kappa shape index (κ2) is 6.66. The zero-order chi connectivity index (χ0) is 13.0. The highest BCUT2D eigenvalue weighted by atomic mass is 79.9. The van der Waals surface area contributed by atoms with Crippen molar-refractivity contribution in [1.82, 2.24) is 9.78 Å². The van der Waals surface area contributed by atoms with Gasteiger partial charge in [0.2, 0.25) is 0 Å². The molecule has 0 bridgehead atoms. The number of nitrogens with zero attached hydrogens (tertiary/aromatic N) is 2. The van der Waals surface area contributed by atoms with Gasteiger partial charge in [0.05, 0.1) is 21.6 Å². The summed E-state index contributed by atoms with van der Waals surface area (Å²) in [6.45, 7) is 6.72. The number of aryl methyl sites for hydroxylation is 2. The summed E-state index contributed by atoms with van der Waals surface area (Å²) in [6.07, 6.45) is 0.795. The second-order valence-corrected chi connectivity index (χ2v) is 6.59. The molecule has 1 aromatic heterocycles. The molecule has 2 atom stereocenters. The predicted molar refractivity (Wildman–Crippen MR) is 75.3 cm³/mol. The average molecular weight is 322 g/mol. The quantitative estimate of drug-likeness (QED) is 0.871. The standard InChI is InChI=1S/C11H20BrN3OS/c1-4-15-10(11(12)9(3)14-15)7-17(16)6-5-8(2)13/h8H,4-7,13H2,1-3H3. The highest BCUT2D eigenvalue weighted by Gasteiger charge is 2.14. The molecule has 0 spiro atoms. The van der Waals surface area contributed by atoms with Gasteiger partial charge >= 0.3 is 0 Å². The number of hydrogen-bond acceptors (Lipinski definition) is 3. The fourth-order valence-electron chi connectivity index (χ4n) is 1.55. The first-order valence-corrected chi connectivity index (χ1v) is 8.06. The highest BCUT2D eigenvalue weighted by molar-refractivity contribution is 9.10. The third kappa shape index (κ3) is 4.19. The maximum Gasteiger partial charge on any atom is 0.0739 e. The van der Waals surface area contributed by atoms with E-state index in [9.17, 15) is 4.21 Å². The van der Waals surface area contributed by atoms with Gasteiger partial charge in [-0.2, -0.15) is 5.10 Å². The Bertz CT molecular complexity index is 404. The normalized spacial score (nSPS) is 14.9. The van der Waals surface area contributed by atoms with Crippen molar-refractivity contribution in [2.75, 3.05) is 5.75 Å². The minimum atomic E-state index is -0.871. The molecule has 17 heavy (non-hydrogen) atoms. The van der Waals surface area contributed by atoms with Crippen LogP contribution in [0.25, 0.3) is 0 Å². The number of nitrogens with two attached hydrogens (primary N) is 1. The molecule has 0 amide bonds. The van der Waals surface area contributed by atoms with E-state index in [1.807, 2.05) is 25.5 Å². The Morgan fingerprint density at radius 3 is 2.76 bits per heavy atom. The Labute approximate surface area is 114 Å². The summed E-state index contributed by atoms with van der Waals surface area (Å²) in [5, 5.41) is 4.39. The van der Waals surface area contributed by atoms with Gasteiger partial charge in [0.1, 0.15) is 0 Å². The van der Waals surface area contributed by atoms with Crippen LogP contribution in [0.3, 0.4) is 0 Å². The molecule has 0 aromatic carbocycles. The first kappa shape index (κ1) is 14.9. The van der Waals surface area contributed by atoms with Crippen molar-refractivity contribution in [3.8, 4) is 0 Å². The van der Waals surface area contributed by atoms with Crippen molar-refractivity contribution >= 4 is 26.7 Å². The van der Waals surface area contributed by atoms with Crippen LogP contribution in [0.2, 0.25) is 0 Å². The highest BCUT2D eigenvalue weighted by Crippen LogP contribution is 2.22. The number of hydrogen-bond donors (Lipinski definition) is 1. The maximum atomic E-state index is 11.9. The lowest BCUT2D eigenvalue weighted by Crippen LogP contribution is -2.18. The minimum Gasteiger partial charge on any atom is -0.328 e. The van der Waals surface area contributed by atoms with Crippen LogP contribution in [0.5, 0.6) is 0 Å². The molecule has 0 saturated carbocycles. The SMILES string of the molecule is CCn1nc(C)c(Br)c1CS(=O)CCC(C)N. The molecule has 4 nitrogen and oxygen atoms in total. The lowest BCUT2D eigenvalue weighted by Gasteiger charge is -2.07. The number of halogens is 1. The van der Waals surface area contributed by atoms with E-state index in [-0.39, 0.29) is 6.04 Å². The van der Waals surface area contributed by atoms with Crippen molar-refractivity contribution in [2.45, 2.75) is 45.5 Å². The van der Waals surface area contributed by atoms with Gasteiger partial charge in [0.15, 0.2) is 0 Å². The lowest BCUT2D eigenvalue weighted by molar-refractivity contribution is 0.625. The summed E-state index contributed by atoms with van der Waals surface area (Å²) in [5.41, 5.74) is 7.63. The zero-order valence-corrected chi connectivity index (χ0v) is 13.0. The van der Waals surface area contributed by atoms with E-state index in [1.54, 1.807) is 0 Å². The molecule has 0 aliphatic rings. The number of rotatable bonds is 6. The average Bonchev–Trinajstić information content (AvgIpc) is 2.54. The van der Waals surface area contributed by atoms with Gasteiger partial charge in [-0.25, -0.2) is 0 Å². The maximum absolute atomic E-state index is 11.9. The van der Waals surface area contributed by atoms with Crippen LogP contribution < -0.4 is 5.73 Å². The summed E-state index contributed by atoms with van der Waals surface area (Å²) in [5.74, 6) is 1.19. The van der Waals surface area contributed by atoms with E-state index in [0.717, 1.165) is 28.8 Å². The van der Waals surface area contributed by atoms with Gasteiger partial charge in [-0.15, -0.1) is 0 Å². The molecule has 2 unspecified atom stereocenters. The lowest BCUT2D eigenvalue weighted by atomic mass is 10.3. The Balaban J connectivity index is 2.70. The van der Waals surface area contributed by atoms with Gasteiger partial charge in [-0.05, 0) is 43.1 Å². The summed E-state index contributed by atoms with van der Waals surface area (Å²) < 4.78 is 14.8. The first-order chi connectivity index (χ1) is 7.95. The molecule has 98 valence electrons. The third-order valence-corrected chi connectivity index (χ3v) is 4.87. The van der Waals surface area contributed by atoms with Crippen LogP contribution in [0.1, 0.15) is 31.7 Å². The summed E-state index contributed by atoms with van der Waals surface area (Å²) in [4.78, 5) is 0. The van der Waals surface area contributed by atoms with Crippen molar-refractivity contribution in [1.29, 1.82) is 0 Å². The Hall–Kier alpha value is -0.200. The van der Waals surface area contributed by atoms with E-state index < -0.39 is 10.8 Å². The zero-order valence-electron chi connectivity index (χ0n) is 10.6. The smallest absolute Gasteiger partial charge is 0.0739 e. The predicted octanol–water partition coefficient (Wildman–Crippen LogP) is 1.96. The largest absolute Gasteiger partial charge is 0.328 e.